The molecule has 0 saturated heterocycles. The molecule has 0 fully saturated rings. The highest BCUT2D eigenvalue weighted by Gasteiger charge is 2.13. The van der Waals surface area contributed by atoms with Gasteiger partial charge >= 0.3 is 5.97 Å². The second-order valence-corrected chi connectivity index (χ2v) is 6.99. The summed E-state index contributed by atoms with van der Waals surface area (Å²) in [6.45, 7) is 2.40. The van der Waals surface area contributed by atoms with E-state index in [1.165, 1.54) is 24.3 Å². The minimum atomic E-state index is -0.995. The lowest BCUT2D eigenvalue weighted by atomic mass is 10.1. The smallest absolute Gasteiger partial charge is 0.335 e. The van der Waals surface area contributed by atoms with Crippen molar-refractivity contribution in [2.45, 2.75) is 13.5 Å². The van der Waals surface area contributed by atoms with Gasteiger partial charge in [-0.1, -0.05) is 23.7 Å². The Morgan fingerprint density at radius 3 is 2.41 bits per heavy atom. The van der Waals surface area contributed by atoms with Crippen LogP contribution in [-0.4, -0.2) is 28.8 Å². The fourth-order valence-electron chi connectivity index (χ4n) is 2.77. The molecule has 0 amide bonds. The van der Waals surface area contributed by atoms with E-state index in [9.17, 15) is 14.9 Å². The van der Waals surface area contributed by atoms with Crippen molar-refractivity contribution in [3.05, 3.63) is 92.5 Å². The number of ether oxygens (including phenoxy) is 2. The first-order valence-corrected chi connectivity index (χ1v) is 9.95. The van der Waals surface area contributed by atoms with Gasteiger partial charge in [-0.05, 0) is 54.4 Å². The van der Waals surface area contributed by atoms with Crippen LogP contribution < -0.4 is 9.47 Å². The van der Waals surface area contributed by atoms with Gasteiger partial charge in [0.05, 0.1) is 27.8 Å². The number of hydrogen-bond donors (Lipinski definition) is 1. The third-order valence-corrected chi connectivity index (χ3v) is 4.62. The van der Waals surface area contributed by atoms with Gasteiger partial charge in [0.2, 0.25) is 0 Å². The summed E-state index contributed by atoms with van der Waals surface area (Å²) in [4.78, 5) is 25.6. The SMILES string of the molecule is CCOc1cc(C=Nc2ccc([N+](=O)[O-])cc2)cc(Cl)c1OCc1ccc(C(=O)O)cc1. The summed E-state index contributed by atoms with van der Waals surface area (Å²) in [6, 6.07) is 15.6. The molecule has 0 spiro atoms. The second-order valence-electron chi connectivity index (χ2n) is 6.59. The van der Waals surface area contributed by atoms with Crippen molar-refractivity contribution in [1.82, 2.24) is 0 Å². The van der Waals surface area contributed by atoms with Crippen molar-refractivity contribution in [1.29, 1.82) is 0 Å². The van der Waals surface area contributed by atoms with E-state index in [-0.39, 0.29) is 17.9 Å². The lowest BCUT2D eigenvalue weighted by Crippen LogP contribution is -2.02. The van der Waals surface area contributed by atoms with Crippen LogP contribution in [0.3, 0.4) is 0 Å². The van der Waals surface area contributed by atoms with E-state index < -0.39 is 10.9 Å². The van der Waals surface area contributed by atoms with Crippen molar-refractivity contribution in [3.63, 3.8) is 0 Å². The summed E-state index contributed by atoms with van der Waals surface area (Å²) in [6.07, 6.45) is 1.57. The van der Waals surface area contributed by atoms with Crippen LogP contribution in [0.5, 0.6) is 11.5 Å². The number of benzene rings is 3. The molecule has 0 aliphatic rings. The molecule has 0 aliphatic heterocycles. The number of carbonyl (C=O) groups is 1. The van der Waals surface area contributed by atoms with E-state index in [1.807, 2.05) is 6.92 Å². The molecule has 1 N–H and O–H groups in total. The van der Waals surface area contributed by atoms with Gasteiger partial charge in [-0.3, -0.25) is 15.1 Å². The molecule has 0 saturated carbocycles. The number of hydrogen-bond acceptors (Lipinski definition) is 6. The normalized spacial score (nSPS) is 10.8. The zero-order chi connectivity index (χ0) is 23.1. The number of halogens is 1. The largest absolute Gasteiger partial charge is 0.490 e. The van der Waals surface area contributed by atoms with Crippen molar-refractivity contribution < 1.29 is 24.3 Å². The fourth-order valence-corrected chi connectivity index (χ4v) is 3.05. The van der Waals surface area contributed by atoms with E-state index in [2.05, 4.69) is 4.99 Å². The highest BCUT2D eigenvalue weighted by Crippen LogP contribution is 2.37. The highest BCUT2D eigenvalue weighted by atomic mass is 35.5. The summed E-state index contributed by atoms with van der Waals surface area (Å²) in [5, 5.41) is 20.1. The van der Waals surface area contributed by atoms with Crippen LogP contribution in [0.15, 0.2) is 65.7 Å². The lowest BCUT2D eigenvalue weighted by molar-refractivity contribution is -0.384. The number of nitro benzene ring substituents is 1. The van der Waals surface area contributed by atoms with E-state index in [4.69, 9.17) is 26.2 Å². The van der Waals surface area contributed by atoms with Gasteiger partial charge in [0, 0.05) is 18.3 Å². The predicted octanol–water partition coefficient (Wildman–Crippen LogP) is 5.67. The molecule has 32 heavy (non-hydrogen) atoms. The summed E-state index contributed by atoms with van der Waals surface area (Å²) < 4.78 is 11.5. The molecule has 3 aromatic rings. The average Bonchev–Trinajstić information content (AvgIpc) is 2.78. The number of aliphatic imine (C=N–C) groups is 1. The van der Waals surface area contributed by atoms with Gasteiger partial charge in [0.25, 0.3) is 5.69 Å². The second kappa shape index (κ2) is 10.4. The number of aromatic carboxylic acids is 1. The third kappa shape index (κ3) is 5.83. The summed E-state index contributed by atoms with van der Waals surface area (Å²) in [5.41, 5.74) is 2.17. The van der Waals surface area contributed by atoms with Gasteiger partial charge in [0.1, 0.15) is 6.61 Å². The molecule has 0 heterocycles. The van der Waals surface area contributed by atoms with Crippen molar-refractivity contribution in [2.24, 2.45) is 4.99 Å². The monoisotopic (exact) mass is 454 g/mol. The van der Waals surface area contributed by atoms with Crippen LogP contribution in [0.25, 0.3) is 0 Å². The summed E-state index contributed by atoms with van der Waals surface area (Å²) in [7, 11) is 0. The Kier molecular flexibility index (Phi) is 7.41. The Bertz CT molecular complexity index is 1140. The Morgan fingerprint density at radius 2 is 1.81 bits per heavy atom. The van der Waals surface area contributed by atoms with Crippen LogP contribution in [-0.2, 0) is 6.61 Å². The number of nitro groups is 1. The predicted molar refractivity (Wildman–Crippen MR) is 121 cm³/mol. The molecule has 0 aliphatic carbocycles. The van der Waals surface area contributed by atoms with Gasteiger partial charge < -0.3 is 14.6 Å². The molecule has 0 atom stereocenters. The first-order chi connectivity index (χ1) is 15.4. The molecule has 0 bridgehead atoms. The molecule has 0 aromatic heterocycles. The van der Waals surface area contributed by atoms with Crippen LogP contribution in [0.2, 0.25) is 5.02 Å². The molecular weight excluding hydrogens is 436 g/mol. The fraction of sp³-hybridized carbons (Fsp3) is 0.130. The quantitative estimate of drug-likeness (QED) is 0.253. The number of carboxylic acids is 1. The van der Waals surface area contributed by atoms with Crippen LogP contribution in [0, 0.1) is 10.1 Å². The van der Waals surface area contributed by atoms with E-state index in [0.29, 0.717) is 34.4 Å². The molecule has 0 radical (unpaired) electrons. The Labute approximate surface area is 188 Å². The summed E-state index contributed by atoms with van der Waals surface area (Å²) in [5.74, 6) is -0.194. The first kappa shape index (κ1) is 22.8. The van der Waals surface area contributed by atoms with Crippen LogP contribution in [0.4, 0.5) is 11.4 Å². The standard InChI is InChI=1S/C23H19ClN2O6/c1-2-31-21-12-16(13-25-18-7-9-19(10-8-18)26(29)30)11-20(24)22(21)32-14-15-3-5-17(6-4-15)23(27)28/h3-13H,2,14H2,1H3,(H,27,28). The lowest BCUT2D eigenvalue weighted by Gasteiger charge is -2.14. The average molecular weight is 455 g/mol. The molecule has 0 unspecified atom stereocenters. The maximum Gasteiger partial charge on any atom is 0.335 e. The van der Waals surface area contributed by atoms with E-state index in [1.54, 1.807) is 42.6 Å². The molecular formula is C23H19ClN2O6. The molecule has 3 rings (SSSR count). The van der Waals surface area contributed by atoms with Crippen LogP contribution >= 0.6 is 11.6 Å². The van der Waals surface area contributed by atoms with Gasteiger partial charge in [-0.15, -0.1) is 0 Å². The maximum atomic E-state index is 11.0. The molecule has 8 nitrogen and oxygen atoms in total. The van der Waals surface area contributed by atoms with Gasteiger partial charge in [-0.2, -0.15) is 0 Å². The summed E-state index contributed by atoms with van der Waals surface area (Å²) >= 11 is 6.42. The van der Waals surface area contributed by atoms with Crippen molar-refractivity contribution in [3.8, 4) is 11.5 Å². The van der Waals surface area contributed by atoms with Gasteiger partial charge in [0.15, 0.2) is 11.5 Å². The van der Waals surface area contributed by atoms with Crippen LogP contribution in [0.1, 0.15) is 28.4 Å². The number of nitrogens with zero attached hydrogens (tertiary/aromatic N) is 2. The molecule has 9 heteroatoms. The van der Waals surface area contributed by atoms with Gasteiger partial charge in [-0.25, -0.2) is 4.79 Å². The zero-order valence-corrected chi connectivity index (χ0v) is 17.8. The Balaban J connectivity index is 1.77. The molecule has 164 valence electrons. The number of carboxylic acid groups (broad SMARTS) is 1. The number of non-ortho nitro benzene ring substituents is 1. The van der Waals surface area contributed by atoms with Crippen molar-refractivity contribution >= 4 is 35.2 Å². The zero-order valence-electron chi connectivity index (χ0n) is 17.0. The first-order valence-electron chi connectivity index (χ1n) is 9.57. The third-order valence-electron chi connectivity index (χ3n) is 4.34. The highest BCUT2D eigenvalue weighted by molar-refractivity contribution is 6.32. The molecule has 3 aromatic carbocycles. The Hall–Kier alpha value is -3.91. The van der Waals surface area contributed by atoms with E-state index in [0.717, 1.165) is 5.56 Å². The minimum absolute atomic E-state index is 0.00951. The van der Waals surface area contributed by atoms with Crippen molar-refractivity contribution in [2.75, 3.05) is 6.61 Å². The minimum Gasteiger partial charge on any atom is -0.490 e. The number of rotatable bonds is 9. The maximum absolute atomic E-state index is 11.0. The Morgan fingerprint density at radius 1 is 1.12 bits per heavy atom. The van der Waals surface area contributed by atoms with E-state index >= 15 is 0 Å². The topological polar surface area (TPSA) is 111 Å².